The summed E-state index contributed by atoms with van der Waals surface area (Å²) in [5.41, 5.74) is 3.89. The molecule has 0 aliphatic carbocycles. The van der Waals surface area contributed by atoms with Crippen molar-refractivity contribution in [1.82, 2.24) is 15.0 Å². The maximum absolute atomic E-state index is 12.6. The number of carbonyl (C=O) groups is 1. The second-order valence-corrected chi connectivity index (χ2v) is 6.82. The van der Waals surface area contributed by atoms with E-state index in [0.717, 1.165) is 28.2 Å². The number of carbonyl (C=O) groups excluding carboxylic acids is 1. The molecule has 1 aliphatic rings. The summed E-state index contributed by atoms with van der Waals surface area (Å²) in [5.74, 6) is 0.907. The summed E-state index contributed by atoms with van der Waals surface area (Å²) in [4.78, 5) is 28.2. The molecule has 6 nitrogen and oxygen atoms in total. The van der Waals surface area contributed by atoms with E-state index in [1.165, 1.54) is 0 Å². The first kappa shape index (κ1) is 18.1. The van der Waals surface area contributed by atoms with Crippen LogP contribution < -0.4 is 4.90 Å². The van der Waals surface area contributed by atoms with Crippen LogP contribution in [0.25, 0.3) is 11.4 Å². The lowest BCUT2D eigenvalue weighted by molar-refractivity contribution is -0.144. The van der Waals surface area contributed by atoms with Crippen LogP contribution in [-0.2, 0) is 16.1 Å². The number of esters is 1. The number of rotatable bonds is 4. The van der Waals surface area contributed by atoms with Crippen molar-refractivity contribution in [2.45, 2.75) is 26.3 Å². The molecule has 28 heavy (non-hydrogen) atoms. The Balaban J connectivity index is 1.72. The predicted molar refractivity (Wildman–Crippen MR) is 107 cm³/mol. The van der Waals surface area contributed by atoms with Crippen LogP contribution in [0.1, 0.15) is 29.7 Å². The Morgan fingerprint density at radius 1 is 1.21 bits per heavy atom. The van der Waals surface area contributed by atoms with Crippen molar-refractivity contribution in [2.75, 3.05) is 18.1 Å². The number of hydrogen-bond acceptors (Lipinski definition) is 6. The predicted octanol–water partition coefficient (Wildman–Crippen LogP) is 3.51. The molecule has 4 rings (SSSR count). The van der Waals surface area contributed by atoms with Gasteiger partial charge in [-0.1, -0.05) is 24.3 Å². The summed E-state index contributed by atoms with van der Waals surface area (Å²) in [6.45, 7) is 5.37. The number of pyridine rings is 1. The number of aryl methyl sites for hydroxylation is 1. The van der Waals surface area contributed by atoms with Crippen LogP contribution in [0.15, 0.2) is 54.9 Å². The molecule has 0 bridgehead atoms. The normalized spacial score (nSPS) is 15.8. The van der Waals surface area contributed by atoms with Gasteiger partial charge < -0.3 is 9.64 Å². The van der Waals surface area contributed by atoms with Crippen molar-refractivity contribution in [2.24, 2.45) is 0 Å². The number of fused-ring (bicyclic) bond motifs is 1. The highest BCUT2D eigenvalue weighted by atomic mass is 16.5. The highest BCUT2D eigenvalue weighted by molar-refractivity contribution is 5.80. The van der Waals surface area contributed by atoms with Gasteiger partial charge in [-0.2, -0.15) is 0 Å². The summed E-state index contributed by atoms with van der Waals surface area (Å²) in [7, 11) is 0. The molecule has 3 heterocycles. The maximum atomic E-state index is 12.6. The molecule has 0 saturated carbocycles. The van der Waals surface area contributed by atoms with Gasteiger partial charge in [-0.3, -0.25) is 9.78 Å². The van der Waals surface area contributed by atoms with Gasteiger partial charge in [0.1, 0.15) is 5.82 Å². The molecule has 142 valence electrons. The molecule has 1 aliphatic heterocycles. The molecule has 1 aromatic carbocycles. The lowest BCUT2D eigenvalue weighted by atomic mass is 9.89. The van der Waals surface area contributed by atoms with Crippen LogP contribution in [0.5, 0.6) is 0 Å². The average molecular weight is 374 g/mol. The van der Waals surface area contributed by atoms with Crippen LogP contribution in [0.2, 0.25) is 0 Å². The zero-order valence-corrected chi connectivity index (χ0v) is 16.0. The second kappa shape index (κ2) is 7.76. The summed E-state index contributed by atoms with van der Waals surface area (Å²) in [5, 5.41) is 0. The topological polar surface area (TPSA) is 68.2 Å². The molecular weight excluding hydrogens is 352 g/mol. The second-order valence-electron chi connectivity index (χ2n) is 6.82. The first-order valence-electron chi connectivity index (χ1n) is 9.41. The van der Waals surface area contributed by atoms with E-state index in [2.05, 4.69) is 20.9 Å². The average Bonchev–Trinajstić information content (AvgIpc) is 2.73. The molecule has 1 atom stereocenters. The fourth-order valence-electron chi connectivity index (χ4n) is 3.56. The first-order valence-corrected chi connectivity index (χ1v) is 9.41. The molecule has 0 fully saturated rings. The van der Waals surface area contributed by atoms with Crippen molar-refractivity contribution >= 4 is 11.8 Å². The molecule has 0 N–H and O–H groups in total. The van der Waals surface area contributed by atoms with Crippen molar-refractivity contribution in [3.8, 4) is 11.4 Å². The Morgan fingerprint density at radius 3 is 2.86 bits per heavy atom. The van der Waals surface area contributed by atoms with Gasteiger partial charge in [-0.15, -0.1) is 0 Å². The van der Waals surface area contributed by atoms with Crippen molar-refractivity contribution in [3.63, 3.8) is 0 Å². The Bertz CT molecular complexity index is 991. The van der Waals surface area contributed by atoms with Gasteiger partial charge in [0.05, 0.1) is 12.5 Å². The number of aromatic nitrogens is 3. The largest absolute Gasteiger partial charge is 0.465 e. The molecule has 2 aromatic heterocycles. The Kier molecular flexibility index (Phi) is 5.02. The molecule has 0 saturated heterocycles. The minimum absolute atomic E-state index is 0.196. The lowest BCUT2D eigenvalue weighted by Gasteiger charge is -2.34. The van der Waals surface area contributed by atoms with Gasteiger partial charge in [0, 0.05) is 42.8 Å². The van der Waals surface area contributed by atoms with Crippen molar-refractivity contribution < 1.29 is 9.53 Å². The Hall–Kier alpha value is -3.28. The number of benzene rings is 1. The third-order valence-electron chi connectivity index (χ3n) is 4.85. The van der Waals surface area contributed by atoms with Gasteiger partial charge in [0.15, 0.2) is 5.82 Å². The number of anilines is 1. The molecule has 0 amide bonds. The monoisotopic (exact) mass is 374 g/mol. The molecule has 0 spiro atoms. The van der Waals surface area contributed by atoms with Crippen LogP contribution in [0, 0.1) is 6.92 Å². The fourth-order valence-corrected chi connectivity index (χ4v) is 3.56. The number of ether oxygens (including phenoxy) is 1. The van der Waals surface area contributed by atoms with E-state index in [0.29, 0.717) is 25.5 Å². The van der Waals surface area contributed by atoms with E-state index in [1.807, 2.05) is 50.2 Å². The van der Waals surface area contributed by atoms with Gasteiger partial charge in [-0.25, -0.2) is 9.97 Å². The molecule has 6 heteroatoms. The molecular formula is C22H22N4O2. The third-order valence-corrected chi connectivity index (χ3v) is 4.85. The van der Waals surface area contributed by atoms with E-state index in [4.69, 9.17) is 9.72 Å². The highest BCUT2D eigenvalue weighted by Gasteiger charge is 2.32. The SMILES string of the molecule is CCOC(=O)[C@@H]1CN(c2cc(C)nc(-c3cccnc3)n2)Cc2ccccc21. The summed E-state index contributed by atoms with van der Waals surface area (Å²) in [6.07, 6.45) is 3.48. The van der Waals surface area contributed by atoms with E-state index >= 15 is 0 Å². The van der Waals surface area contributed by atoms with Gasteiger partial charge in [0.2, 0.25) is 0 Å². The van der Waals surface area contributed by atoms with Crippen LogP contribution in [-0.4, -0.2) is 34.1 Å². The van der Waals surface area contributed by atoms with Gasteiger partial charge >= 0.3 is 5.97 Å². The first-order chi connectivity index (χ1) is 13.7. The minimum Gasteiger partial charge on any atom is -0.465 e. The highest BCUT2D eigenvalue weighted by Crippen LogP contribution is 2.32. The van der Waals surface area contributed by atoms with Crippen molar-refractivity contribution in [1.29, 1.82) is 0 Å². The van der Waals surface area contributed by atoms with E-state index in [9.17, 15) is 4.79 Å². The summed E-state index contributed by atoms with van der Waals surface area (Å²) < 4.78 is 5.33. The van der Waals surface area contributed by atoms with E-state index in [1.54, 1.807) is 12.4 Å². The van der Waals surface area contributed by atoms with Gasteiger partial charge in [0.25, 0.3) is 0 Å². The van der Waals surface area contributed by atoms with E-state index < -0.39 is 0 Å². The standard InChI is InChI=1S/C22H22N4O2/c1-3-28-22(27)19-14-26(13-17-7-4-5-9-18(17)19)20-11-15(2)24-21(25-20)16-8-6-10-23-12-16/h4-12,19H,3,13-14H2,1-2H3/t19-/m1/s1. The molecule has 0 unspecified atom stereocenters. The quantitative estimate of drug-likeness (QED) is 0.651. The van der Waals surface area contributed by atoms with Crippen LogP contribution in [0.4, 0.5) is 5.82 Å². The van der Waals surface area contributed by atoms with Crippen molar-refractivity contribution in [3.05, 3.63) is 71.7 Å². The van der Waals surface area contributed by atoms with Crippen LogP contribution in [0.3, 0.4) is 0 Å². The summed E-state index contributed by atoms with van der Waals surface area (Å²) in [6, 6.07) is 13.8. The lowest BCUT2D eigenvalue weighted by Crippen LogP contribution is -2.38. The smallest absolute Gasteiger partial charge is 0.315 e. The molecule has 3 aromatic rings. The van der Waals surface area contributed by atoms with E-state index in [-0.39, 0.29) is 11.9 Å². The number of nitrogens with zero attached hydrogens (tertiary/aromatic N) is 4. The third kappa shape index (κ3) is 3.58. The maximum Gasteiger partial charge on any atom is 0.315 e. The zero-order chi connectivity index (χ0) is 19.5. The van der Waals surface area contributed by atoms with Gasteiger partial charge in [-0.05, 0) is 37.1 Å². The number of hydrogen-bond donors (Lipinski definition) is 0. The fraction of sp³-hybridized carbons (Fsp3) is 0.273. The zero-order valence-electron chi connectivity index (χ0n) is 16.0. The van der Waals surface area contributed by atoms with Crippen LogP contribution >= 0.6 is 0 Å². The summed E-state index contributed by atoms with van der Waals surface area (Å²) >= 11 is 0. The Morgan fingerprint density at radius 2 is 2.07 bits per heavy atom. The Labute approximate surface area is 164 Å². The minimum atomic E-state index is -0.331. The molecule has 0 radical (unpaired) electrons.